The van der Waals surface area contributed by atoms with Gasteiger partial charge in [0.05, 0.1) is 18.2 Å². The summed E-state index contributed by atoms with van der Waals surface area (Å²) < 4.78 is 5.19. The van der Waals surface area contributed by atoms with Crippen LogP contribution in [0.15, 0.2) is 47.1 Å². The van der Waals surface area contributed by atoms with Crippen molar-refractivity contribution in [1.82, 2.24) is 4.90 Å². The number of anilines is 1. The van der Waals surface area contributed by atoms with Crippen molar-refractivity contribution in [3.05, 3.63) is 54.0 Å². The monoisotopic (exact) mass is 326 g/mol. The number of hydrogen-bond acceptors (Lipinski definition) is 4. The van der Waals surface area contributed by atoms with Crippen LogP contribution >= 0.6 is 0 Å². The molecule has 4 rings (SSSR count). The van der Waals surface area contributed by atoms with E-state index >= 15 is 0 Å². The number of benzene rings is 1. The van der Waals surface area contributed by atoms with Crippen LogP contribution in [0.5, 0.6) is 0 Å². The van der Waals surface area contributed by atoms with Crippen LogP contribution in [0.1, 0.15) is 16.1 Å². The Kier molecular flexibility index (Phi) is 3.52. The SMILES string of the molecule is O=C(O)C1Cc2ccccc2N2CCN(C(=O)c3ccco3)CC12. The largest absolute Gasteiger partial charge is 0.481 e. The van der Waals surface area contributed by atoms with Crippen molar-refractivity contribution < 1.29 is 19.1 Å². The molecule has 0 spiro atoms. The van der Waals surface area contributed by atoms with E-state index < -0.39 is 11.9 Å². The van der Waals surface area contributed by atoms with Crippen molar-refractivity contribution in [2.24, 2.45) is 5.92 Å². The lowest BCUT2D eigenvalue weighted by molar-refractivity contribution is -0.143. The van der Waals surface area contributed by atoms with E-state index in [1.54, 1.807) is 17.0 Å². The molecule has 24 heavy (non-hydrogen) atoms. The highest BCUT2D eigenvalue weighted by molar-refractivity contribution is 5.91. The van der Waals surface area contributed by atoms with Gasteiger partial charge in [-0.2, -0.15) is 0 Å². The van der Waals surface area contributed by atoms with Crippen molar-refractivity contribution in [3.8, 4) is 0 Å². The zero-order valence-corrected chi connectivity index (χ0v) is 13.1. The van der Waals surface area contributed by atoms with Gasteiger partial charge in [0.25, 0.3) is 5.91 Å². The van der Waals surface area contributed by atoms with Crippen LogP contribution in [-0.4, -0.2) is 47.6 Å². The van der Waals surface area contributed by atoms with Crippen LogP contribution in [0.3, 0.4) is 0 Å². The molecule has 0 radical (unpaired) electrons. The number of fused-ring (bicyclic) bond motifs is 3. The number of carboxylic acid groups (broad SMARTS) is 1. The molecule has 1 aromatic heterocycles. The molecule has 1 aromatic carbocycles. The summed E-state index contributed by atoms with van der Waals surface area (Å²) in [5.41, 5.74) is 2.15. The molecule has 0 aliphatic carbocycles. The summed E-state index contributed by atoms with van der Waals surface area (Å²) in [4.78, 5) is 28.1. The van der Waals surface area contributed by atoms with Gasteiger partial charge in [0.1, 0.15) is 0 Å². The Hall–Kier alpha value is -2.76. The van der Waals surface area contributed by atoms with Crippen LogP contribution in [0.2, 0.25) is 0 Å². The molecule has 1 saturated heterocycles. The zero-order chi connectivity index (χ0) is 16.7. The zero-order valence-electron chi connectivity index (χ0n) is 13.1. The summed E-state index contributed by atoms with van der Waals surface area (Å²) >= 11 is 0. The molecule has 3 heterocycles. The highest BCUT2D eigenvalue weighted by atomic mass is 16.4. The van der Waals surface area contributed by atoms with Gasteiger partial charge in [0.15, 0.2) is 5.76 Å². The third-order valence-corrected chi connectivity index (χ3v) is 4.96. The summed E-state index contributed by atoms with van der Waals surface area (Å²) in [6.07, 6.45) is 1.97. The number of para-hydroxylation sites is 1. The van der Waals surface area contributed by atoms with E-state index in [1.807, 2.05) is 24.3 Å². The first-order valence-electron chi connectivity index (χ1n) is 8.05. The van der Waals surface area contributed by atoms with Crippen molar-refractivity contribution in [1.29, 1.82) is 0 Å². The maximum atomic E-state index is 12.5. The van der Waals surface area contributed by atoms with Gasteiger partial charge >= 0.3 is 5.97 Å². The number of aliphatic carboxylic acids is 1. The molecule has 0 saturated carbocycles. The molecule has 2 aromatic rings. The van der Waals surface area contributed by atoms with Crippen molar-refractivity contribution in [2.75, 3.05) is 24.5 Å². The Morgan fingerprint density at radius 1 is 1.12 bits per heavy atom. The molecule has 2 aliphatic heterocycles. The van der Waals surface area contributed by atoms with Crippen molar-refractivity contribution >= 4 is 17.6 Å². The topological polar surface area (TPSA) is 74.0 Å². The number of carbonyl (C=O) groups is 2. The van der Waals surface area contributed by atoms with E-state index in [1.165, 1.54) is 6.26 Å². The maximum Gasteiger partial charge on any atom is 0.309 e. The van der Waals surface area contributed by atoms with Gasteiger partial charge in [0.2, 0.25) is 0 Å². The van der Waals surface area contributed by atoms with Gasteiger partial charge in [0, 0.05) is 25.3 Å². The highest BCUT2D eigenvalue weighted by Gasteiger charge is 2.42. The number of carbonyl (C=O) groups excluding carboxylic acids is 1. The molecule has 0 bridgehead atoms. The minimum absolute atomic E-state index is 0.178. The average Bonchev–Trinajstić information content (AvgIpc) is 3.14. The third kappa shape index (κ3) is 2.35. The Bertz CT molecular complexity index is 771. The van der Waals surface area contributed by atoms with Crippen LogP contribution in [-0.2, 0) is 11.2 Å². The summed E-state index contributed by atoms with van der Waals surface area (Å²) in [6.45, 7) is 1.57. The second kappa shape index (κ2) is 5.70. The molecule has 2 aliphatic rings. The lowest BCUT2D eigenvalue weighted by Gasteiger charge is -2.48. The predicted octanol–water partition coefficient (Wildman–Crippen LogP) is 1.87. The molecule has 6 heteroatoms. The number of hydrogen-bond donors (Lipinski definition) is 1. The van der Waals surface area contributed by atoms with E-state index in [0.717, 1.165) is 11.3 Å². The van der Waals surface area contributed by atoms with Crippen LogP contribution < -0.4 is 4.90 Å². The molecular formula is C18H18N2O4. The minimum Gasteiger partial charge on any atom is -0.481 e. The van der Waals surface area contributed by atoms with E-state index in [-0.39, 0.29) is 11.9 Å². The molecule has 6 nitrogen and oxygen atoms in total. The maximum absolute atomic E-state index is 12.5. The van der Waals surface area contributed by atoms with Crippen LogP contribution in [0.4, 0.5) is 5.69 Å². The first-order valence-corrected chi connectivity index (χ1v) is 8.05. The first-order chi connectivity index (χ1) is 11.6. The summed E-state index contributed by atoms with van der Waals surface area (Å²) in [5, 5.41) is 9.66. The quantitative estimate of drug-likeness (QED) is 0.912. The number of furan rings is 1. The number of amides is 1. The molecule has 1 fully saturated rings. The lowest BCUT2D eigenvalue weighted by atomic mass is 9.84. The fourth-order valence-electron chi connectivity index (χ4n) is 3.78. The highest BCUT2D eigenvalue weighted by Crippen LogP contribution is 2.36. The Labute approximate surface area is 139 Å². The van der Waals surface area contributed by atoms with Crippen LogP contribution in [0.25, 0.3) is 0 Å². The molecule has 2 unspecified atom stereocenters. The Morgan fingerprint density at radius 2 is 1.96 bits per heavy atom. The molecule has 124 valence electrons. The van der Waals surface area contributed by atoms with E-state index in [9.17, 15) is 14.7 Å². The Morgan fingerprint density at radius 3 is 2.71 bits per heavy atom. The van der Waals surface area contributed by atoms with Gasteiger partial charge in [-0.15, -0.1) is 0 Å². The summed E-state index contributed by atoms with van der Waals surface area (Å²) in [5.74, 6) is -1.21. The number of carboxylic acids is 1. The van der Waals surface area contributed by atoms with Gasteiger partial charge in [-0.1, -0.05) is 18.2 Å². The second-order valence-electron chi connectivity index (χ2n) is 6.27. The number of nitrogens with zero attached hydrogens (tertiary/aromatic N) is 2. The fourth-order valence-corrected chi connectivity index (χ4v) is 3.78. The fraction of sp³-hybridized carbons (Fsp3) is 0.333. The smallest absolute Gasteiger partial charge is 0.309 e. The van der Waals surface area contributed by atoms with Crippen molar-refractivity contribution in [3.63, 3.8) is 0 Å². The van der Waals surface area contributed by atoms with E-state index in [0.29, 0.717) is 31.8 Å². The van der Waals surface area contributed by atoms with Gasteiger partial charge in [-0.3, -0.25) is 9.59 Å². The molecule has 1 N–H and O–H groups in total. The number of rotatable bonds is 2. The van der Waals surface area contributed by atoms with Crippen molar-refractivity contribution in [2.45, 2.75) is 12.5 Å². The summed E-state index contributed by atoms with van der Waals surface area (Å²) in [6, 6.07) is 11.0. The third-order valence-electron chi connectivity index (χ3n) is 4.96. The first kappa shape index (κ1) is 14.8. The van der Waals surface area contributed by atoms with Gasteiger partial charge in [-0.25, -0.2) is 0 Å². The predicted molar refractivity (Wildman–Crippen MR) is 87.0 cm³/mol. The summed E-state index contributed by atoms with van der Waals surface area (Å²) in [7, 11) is 0. The Balaban J connectivity index is 1.64. The van der Waals surface area contributed by atoms with E-state index in [4.69, 9.17) is 4.42 Å². The van der Waals surface area contributed by atoms with Crippen LogP contribution in [0, 0.1) is 5.92 Å². The minimum atomic E-state index is -0.813. The molecule has 2 atom stereocenters. The average molecular weight is 326 g/mol. The lowest BCUT2D eigenvalue weighted by Crippen LogP contribution is -2.60. The van der Waals surface area contributed by atoms with Gasteiger partial charge < -0.3 is 19.3 Å². The standard InChI is InChI=1S/C18H18N2O4/c21-17(16-6-3-9-24-16)19-7-8-20-14-5-2-1-4-12(14)10-13(18(22)23)15(20)11-19/h1-6,9,13,15H,7-8,10-11H2,(H,22,23). The molecule has 1 amide bonds. The van der Waals surface area contributed by atoms with Gasteiger partial charge in [-0.05, 0) is 30.2 Å². The normalized spacial score (nSPS) is 22.7. The number of piperazine rings is 1. The van der Waals surface area contributed by atoms with E-state index in [2.05, 4.69) is 4.90 Å². The molecular weight excluding hydrogens is 308 g/mol. The second-order valence-corrected chi connectivity index (χ2v) is 6.27.